The number of aryl methyl sites for hydroxylation is 1. The van der Waals surface area contributed by atoms with Gasteiger partial charge in [-0.2, -0.15) is 0 Å². The maximum Gasteiger partial charge on any atom is 0.260 e. The predicted molar refractivity (Wildman–Crippen MR) is 105 cm³/mol. The van der Waals surface area contributed by atoms with Crippen molar-refractivity contribution < 1.29 is 14.3 Å². The molecule has 2 aromatic rings. The van der Waals surface area contributed by atoms with Crippen molar-refractivity contribution in [2.45, 2.75) is 20.4 Å². The summed E-state index contributed by atoms with van der Waals surface area (Å²) in [5.74, 6) is 0.619. The van der Waals surface area contributed by atoms with Crippen LogP contribution in [-0.2, 0) is 11.3 Å². The molecule has 1 aliphatic rings. The van der Waals surface area contributed by atoms with Gasteiger partial charge in [0.15, 0.2) is 12.4 Å². The van der Waals surface area contributed by atoms with Gasteiger partial charge in [0.1, 0.15) is 5.75 Å². The van der Waals surface area contributed by atoms with Crippen LogP contribution in [0.3, 0.4) is 0 Å². The number of carbonyl (C=O) groups is 2. The Kier molecular flexibility index (Phi) is 6.24. The Balaban J connectivity index is 1.44. The normalized spacial score (nSPS) is 14.8. The Morgan fingerprint density at radius 1 is 0.963 bits per heavy atom. The highest BCUT2D eigenvalue weighted by Gasteiger charge is 2.21. The number of hydrogen-bond acceptors (Lipinski definition) is 4. The Morgan fingerprint density at radius 3 is 2.26 bits per heavy atom. The Labute approximate surface area is 160 Å². The number of nitrogens with zero attached hydrogens (tertiary/aromatic N) is 2. The molecule has 5 heteroatoms. The van der Waals surface area contributed by atoms with E-state index in [9.17, 15) is 9.59 Å². The molecular formula is C22H26N2O3. The maximum atomic E-state index is 12.4. The topological polar surface area (TPSA) is 49.9 Å². The molecule has 0 bridgehead atoms. The highest BCUT2D eigenvalue weighted by molar-refractivity contribution is 5.94. The van der Waals surface area contributed by atoms with Crippen LogP contribution in [-0.4, -0.2) is 54.3 Å². The quantitative estimate of drug-likeness (QED) is 0.738. The standard InChI is InChI=1S/C22H26N2O3/c1-17-5-3-4-6-20(17)15-23-11-13-24(14-12-23)22(26)16-27-21-9-7-19(8-10-21)18(2)25/h3-10H,11-16H2,1-2H3. The molecule has 1 fully saturated rings. The van der Waals surface area contributed by atoms with Crippen molar-refractivity contribution in [1.82, 2.24) is 9.80 Å². The first kappa shape index (κ1) is 19.1. The molecule has 0 saturated carbocycles. The lowest BCUT2D eigenvalue weighted by Crippen LogP contribution is -2.49. The van der Waals surface area contributed by atoms with E-state index in [-0.39, 0.29) is 18.3 Å². The van der Waals surface area contributed by atoms with Gasteiger partial charge in [-0.25, -0.2) is 0 Å². The molecule has 0 spiro atoms. The number of rotatable bonds is 6. The van der Waals surface area contributed by atoms with Crippen LogP contribution in [0.15, 0.2) is 48.5 Å². The summed E-state index contributed by atoms with van der Waals surface area (Å²) in [7, 11) is 0. The van der Waals surface area contributed by atoms with Crippen molar-refractivity contribution in [1.29, 1.82) is 0 Å². The van der Waals surface area contributed by atoms with Gasteiger partial charge in [-0.15, -0.1) is 0 Å². The van der Waals surface area contributed by atoms with Crippen LogP contribution < -0.4 is 4.74 Å². The monoisotopic (exact) mass is 366 g/mol. The third-order valence-electron chi connectivity index (χ3n) is 5.00. The first-order valence-electron chi connectivity index (χ1n) is 9.31. The average Bonchev–Trinajstić information content (AvgIpc) is 2.69. The van der Waals surface area contributed by atoms with Crippen LogP contribution in [0.25, 0.3) is 0 Å². The number of piperazine rings is 1. The van der Waals surface area contributed by atoms with Crippen molar-refractivity contribution in [2.24, 2.45) is 0 Å². The molecule has 5 nitrogen and oxygen atoms in total. The maximum absolute atomic E-state index is 12.4. The zero-order valence-electron chi connectivity index (χ0n) is 16.0. The van der Waals surface area contributed by atoms with E-state index in [1.54, 1.807) is 24.3 Å². The van der Waals surface area contributed by atoms with Crippen LogP contribution in [0.5, 0.6) is 5.75 Å². The lowest BCUT2D eigenvalue weighted by Gasteiger charge is -2.35. The summed E-state index contributed by atoms with van der Waals surface area (Å²) < 4.78 is 5.58. The minimum absolute atomic E-state index is 0.00110. The second-order valence-corrected chi connectivity index (χ2v) is 6.95. The fourth-order valence-corrected chi connectivity index (χ4v) is 3.21. The summed E-state index contributed by atoms with van der Waals surface area (Å²) in [6.45, 7) is 7.79. The Bertz CT molecular complexity index is 793. The van der Waals surface area contributed by atoms with Gasteiger partial charge in [-0.1, -0.05) is 24.3 Å². The van der Waals surface area contributed by atoms with Gasteiger partial charge in [0, 0.05) is 38.3 Å². The molecule has 0 unspecified atom stereocenters. The van der Waals surface area contributed by atoms with Gasteiger partial charge in [0.2, 0.25) is 0 Å². The fourth-order valence-electron chi connectivity index (χ4n) is 3.21. The van der Waals surface area contributed by atoms with E-state index in [2.05, 4.69) is 36.1 Å². The van der Waals surface area contributed by atoms with Crippen LogP contribution >= 0.6 is 0 Å². The zero-order chi connectivity index (χ0) is 19.2. The van der Waals surface area contributed by atoms with Crippen LogP contribution in [0, 0.1) is 6.92 Å². The molecule has 27 heavy (non-hydrogen) atoms. The fraction of sp³-hybridized carbons (Fsp3) is 0.364. The number of amides is 1. The van der Waals surface area contributed by atoms with E-state index in [0.717, 1.165) is 32.7 Å². The molecule has 1 heterocycles. The highest BCUT2D eigenvalue weighted by Crippen LogP contribution is 2.14. The highest BCUT2D eigenvalue weighted by atomic mass is 16.5. The summed E-state index contributed by atoms with van der Waals surface area (Å²) in [5.41, 5.74) is 3.29. The molecule has 0 radical (unpaired) electrons. The molecule has 142 valence electrons. The average molecular weight is 366 g/mol. The van der Waals surface area contributed by atoms with Crippen LogP contribution in [0.2, 0.25) is 0 Å². The van der Waals surface area contributed by atoms with Gasteiger partial charge in [-0.05, 0) is 49.2 Å². The zero-order valence-corrected chi connectivity index (χ0v) is 16.0. The lowest BCUT2D eigenvalue weighted by atomic mass is 10.1. The summed E-state index contributed by atoms with van der Waals surface area (Å²) >= 11 is 0. The number of Topliss-reactive ketones (excluding diaryl/α,β-unsaturated/α-hetero) is 1. The number of ketones is 1. The first-order chi connectivity index (χ1) is 13.0. The van der Waals surface area contributed by atoms with E-state index < -0.39 is 0 Å². The molecule has 0 aliphatic carbocycles. The molecule has 1 saturated heterocycles. The van der Waals surface area contributed by atoms with Crippen molar-refractivity contribution in [2.75, 3.05) is 32.8 Å². The second kappa shape index (κ2) is 8.82. The molecule has 0 aromatic heterocycles. The molecule has 1 amide bonds. The third-order valence-corrected chi connectivity index (χ3v) is 5.00. The smallest absolute Gasteiger partial charge is 0.260 e. The molecule has 1 aliphatic heterocycles. The third kappa shape index (κ3) is 5.17. The van der Waals surface area contributed by atoms with Gasteiger partial charge in [0.25, 0.3) is 5.91 Å². The Hall–Kier alpha value is -2.66. The second-order valence-electron chi connectivity index (χ2n) is 6.95. The first-order valence-corrected chi connectivity index (χ1v) is 9.31. The van der Waals surface area contributed by atoms with Crippen molar-refractivity contribution in [3.05, 3.63) is 65.2 Å². The van der Waals surface area contributed by atoms with Crippen molar-refractivity contribution in [3.63, 3.8) is 0 Å². The summed E-state index contributed by atoms with van der Waals surface area (Å²) in [6.07, 6.45) is 0. The number of benzene rings is 2. The summed E-state index contributed by atoms with van der Waals surface area (Å²) in [5, 5.41) is 0. The van der Waals surface area contributed by atoms with Crippen LogP contribution in [0.4, 0.5) is 0 Å². The van der Waals surface area contributed by atoms with Gasteiger partial charge >= 0.3 is 0 Å². The minimum atomic E-state index is 0.00110. The van der Waals surface area contributed by atoms with Crippen LogP contribution in [0.1, 0.15) is 28.4 Å². The number of ether oxygens (including phenoxy) is 1. The van der Waals surface area contributed by atoms with E-state index >= 15 is 0 Å². The summed E-state index contributed by atoms with van der Waals surface area (Å²) in [6, 6.07) is 15.3. The minimum Gasteiger partial charge on any atom is -0.484 e. The Morgan fingerprint density at radius 2 is 1.63 bits per heavy atom. The largest absolute Gasteiger partial charge is 0.484 e. The van der Waals surface area contributed by atoms with Gasteiger partial charge < -0.3 is 9.64 Å². The van der Waals surface area contributed by atoms with Crippen molar-refractivity contribution >= 4 is 11.7 Å². The molecule has 0 N–H and O–H groups in total. The number of hydrogen-bond donors (Lipinski definition) is 0. The molecular weight excluding hydrogens is 340 g/mol. The van der Waals surface area contributed by atoms with Gasteiger partial charge in [0.05, 0.1) is 0 Å². The molecule has 0 atom stereocenters. The predicted octanol–water partition coefficient (Wildman–Crippen LogP) is 2.92. The molecule has 2 aromatic carbocycles. The van der Waals surface area contributed by atoms with E-state index in [4.69, 9.17) is 4.74 Å². The van der Waals surface area contributed by atoms with E-state index in [1.165, 1.54) is 18.1 Å². The SMILES string of the molecule is CC(=O)c1ccc(OCC(=O)N2CCN(Cc3ccccc3C)CC2)cc1. The molecule has 3 rings (SSSR count). The van der Waals surface area contributed by atoms with Gasteiger partial charge in [-0.3, -0.25) is 14.5 Å². The lowest BCUT2D eigenvalue weighted by molar-refractivity contribution is -0.135. The van der Waals surface area contributed by atoms with E-state index in [1.807, 2.05) is 4.90 Å². The summed E-state index contributed by atoms with van der Waals surface area (Å²) in [4.78, 5) is 27.9. The van der Waals surface area contributed by atoms with E-state index in [0.29, 0.717) is 11.3 Å². The van der Waals surface area contributed by atoms with Crippen molar-refractivity contribution in [3.8, 4) is 5.75 Å². The number of carbonyl (C=O) groups excluding carboxylic acids is 2.